The number of rotatable bonds is 5. The molecule has 1 saturated carbocycles. The molecule has 0 radical (unpaired) electrons. The van der Waals surface area contributed by atoms with Gasteiger partial charge in [0.15, 0.2) is 5.78 Å². The monoisotopic (exact) mass is 198 g/mol. The maximum atomic E-state index is 11.8. The van der Waals surface area contributed by atoms with Gasteiger partial charge in [0, 0.05) is 13.5 Å². The third-order valence-corrected chi connectivity index (χ3v) is 3.01. The fourth-order valence-electron chi connectivity index (χ4n) is 2.37. The molecule has 82 valence electrons. The number of hydrogen-bond donors (Lipinski definition) is 0. The first-order chi connectivity index (χ1) is 6.65. The van der Waals surface area contributed by atoms with Gasteiger partial charge in [0.1, 0.15) is 6.10 Å². The Labute approximate surface area is 87.0 Å². The molecule has 0 aliphatic heterocycles. The van der Waals surface area contributed by atoms with Crippen LogP contribution in [0.1, 0.15) is 46.0 Å². The normalized spacial score (nSPS) is 20.3. The largest absolute Gasteiger partial charge is 0.373 e. The Kier molecular flexibility index (Phi) is 4.59. The number of carbonyl (C=O) groups is 1. The van der Waals surface area contributed by atoms with E-state index in [4.69, 9.17) is 4.74 Å². The van der Waals surface area contributed by atoms with Crippen LogP contribution >= 0.6 is 0 Å². The smallest absolute Gasteiger partial charge is 0.162 e. The molecule has 0 heterocycles. The number of methoxy groups -OCH3 is 1. The van der Waals surface area contributed by atoms with Crippen LogP contribution in [0.15, 0.2) is 0 Å². The molecule has 2 nitrogen and oxygen atoms in total. The Bertz CT molecular complexity index is 181. The lowest BCUT2D eigenvalue weighted by molar-refractivity contribution is -0.132. The molecule has 0 aromatic heterocycles. The average Bonchev–Trinajstić information content (AvgIpc) is 2.57. The van der Waals surface area contributed by atoms with Gasteiger partial charge in [-0.3, -0.25) is 4.79 Å². The van der Waals surface area contributed by atoms with Gasteiger partial charge in [0.25, 0.3) is 0 Å². The highest BCUT2D eigenvalue weighted by molar-refractivity contribution is 5.83. The SMILES string of the molecule is COC(C(=O)CC(C)C)C1CCCC1. The topological polar surface area (TPSA) is 26.3 Å². The number of Topliss-reactive ketones (excluding diaryl/α,β-unsaturated/α-hetero) is 1. The number of hydrogen-bond acceptors (Lipinski definition) is 2. The molecule has 1 aliphatic carbocycles. The van der Waals surface area contributed by atoms with Crippen molar-refractivity contribution in [3.63, 3.8) is 0 Å². The lowest BCUT2D eigenvalue weighted by Gasteiger charge is -2.21. The molecule has 0 N–H and O–H groups in total. The van der Waals surface area contributed by atoms with Crippen molar-refractivity contribution >= 4 is 5.78 Å². The first kappa shape index (κ1) is 11.7. The van der Waals surface area contributed by atoms with Crippen LogP contribution in [-0.2, 0) is 9.53 Å². The van der Waals surface area contributed by atoms with Crippen LogP contribution in [0.3, 0.4) is 0 Å². The molecule has 1 unspecified atom stereocenters. The summed E-state index contributed by atoms with van der Waals surface area (Å²) in [4.78, 5) is 11.8. The van der Waals surface area contributed by atoms with E-state index >= 15 is 0 Å². The molecule has 0 spiro atoms. The highest BCUT2D eigenvalue weighted by Crippen LogP contribution is 2.30. The Morgan fingerprint density at radius 3 is 2.36 bits per heavy atom. The van der Waals surface area contributed by atoms with E-state index < -0.39 is 0 Å². The molecular formula is C12H22O2. The summed E-state index contributed by atoms with van der Waals surface area (Å²) in [5.74, 6) is 1.24. The van der Waals surface area contributed by atoms with Crippen LogP contribution in [0, 0.1) is 11.8 Å². The number of carbonyl (C=O) groups excluding carboxylic acids is 1. The van der Waals surface area contributed by atoms with Crippen LogP contribution in [0.5, 0.6) is 0 Å². The van der Waals surface area contributed by atoms with Crippen LogP contribution in [0.25, 0.3) is 0 Å². The summed E-state index contributed by atoms with van der Waals surface area (Å²) in [5, 5.41) is 0. The van der Waals surface area contributed by atoms with Gasteiger partial charge < -0.3 is 4.74 Å². The highest BCUT2D eigenvalue weighted by Gasteiger charge is 2.30. The van der Waals surface area contributed by atoms with Crippen molar-refractivity contribution in [3.8, 4) is 0 Å². The molecule has 0 saturated heterocycles. The number of ether oxygens (including phenoxy) is 1. The Morgan fingerprint density at radius 2 is 1.93 bits per heavy atom. The Hall–Kier alpha value is -0.370. The van der Waals surface area contributed by atoms with Gasteiger partial charge >= 0.3 is 0 Å². The predicted molar refractivity (Wildman–Crippen MR) is 57.2 cm³/mol. The second-order valence-electron chi connectivity index (χ2n) is 4.77. The summed E-state index contributed by atoms with van der Waals surface area (Å²) in [6.45, 7) is 4.17. The van der Waals surface area contributed by atoms with E-state index in [-0.39, 0.29) is 6.10 Å². The molecule has 0 amide bonds. The first-order valence-corrected chi connectivity index (χ1v) is 5.70. The maximum absolute atomic E-state index is 11.8. The van der Waals surface area contributed by atoms with E-state index in [1.54, 1.807) is 7.11 Å². The minimum atomic E-state index is -0.125. The minimum Gasteiger partial charge on any atom is -0.373 e. The molecule has 1 fully saturated rings. The predicted octanol–water partition coefficient (Wildman–Crippen LogP) is 2.81. The quantitative estimate of drug-likeness (QED) is 0.679. The van der Waals surface area contributed by atoms with E-state index in [1.165, 1.54) is 25.7 Å². The molecule has 0 aromatic carbocycles. The van der Waals surface area contributed by atoms with Crippen molar-refractivity contribution < 1.29 is 9.53 Å². The molecule has 1 atom stereocenters. The summed E-state index contributed by atoms with van der Waals surface area (Å²) in [5.41, 5.74) is 0. The van der Waals surface area contributed by atoms with Crippen molar-refractivity contribution in [2.24, 2.45) is 11.8 Å². The van der Waals surface area contributed by atoms with Gasteiger partial charge in [0.05, 0.1) is 0 Å². The zero-order chi connectivity index (χ0) is 10.6. The number of ketones is 1. The summed E-state index contributed by atoms with van der Waals surface area (Å²) < 4.78 is 5.35. The summed E-state index contributed by atoms with van der Waals surface area (Å²) in [6, 6.07) is 0. The van der Waals surface area contributed by atoms with Crippen molar-refractivity contribution in [1.29, 1.82) is 0 Å². The highest BCUT2D eigenvalue weighted by atomic mass is 16.5. The Morgan fingerprint density at radius 1 is 1.36 bits per heavy atom. The third kappa shape index (κ3) is 3.09. The van der Waals surface area contributed by atoms with Crippen molar-refractivity contribution in [2.45, 2.75) is 52.1 Å². The van der Waals surface area contributed by atoms with Crippen molar-refractivity contribution in [1.82, 2.24) is 0 Å². The first-order valence-electron chi connectivity index (χ1n) is 5.70. The summed E-state index contributed by atoms with van der Waals surface area (Å²) in [7, 11) is 1.67. The lowest BCUT2D eigenvalue weighted by Crippen LogP contribution is -2.31. The van der Waals surface area contributed by atoms with Gasteiger partial charge in [-0.05, 0) is 24.7 Å². The second kappa shape index (κ2) is 5.50. The lowest BCUT2D eigenvalue weighted by atomic mass is 9.93. The van der Waals surface area contributed by atoms with Gasteiger partial charge in [0.2, 0.25) is 0 Å². The van der Waals surface area contributed by atoms with Gasteiger partial charge in [-0.2, -0.15) is 0 Å². The van der Waals surface area contributed by atoms with Gasteiger partial charge in [-0.25, -0.2) is 0 Å². The third-order valence-electron chi connectivity index (χ3n) is 3.01. The van der Waals surface area contributed by atoms with E-state index in [0.29, 0.717) is 24.0 Å². The molecule has 1 aliphatic rings. The summed E-state index contributed by atoms with van der Waals surface area (Å²) >= 11 is 0. The zero-order valence-electron chi connectivity index (χ0n) is 9.58. The minimum absolute atomic E-state index is 0.125. The van der Waals surface area contributed by atoms with E-state index in [1.807, 2.05) is 0 Å². The molecule has 0 aromatic rings. The second-order valence-corrected chi connectivity index (χ2v) is 4.77. The van der Waals surface area contributed by atoms with Gasteiger partial charge in [-0.1, -0.05) is 26.7 Å². The fourth-order valence-corrected chi connectivity index (χ4v) is 2.37. The molecule has 0 bridgehead atoms. The van der Waals surface area contributed by atoms with E-state index in [2.05, 4.69) is 13.8 Å². The van der Waals surface area contributed by atoms with Crippen LogP contribution in [-0.4, -0.2) is 19.0 Å². The summed E-state index contributed by atoms with van der Waals surface area (Å²) in [6.07, 6.45) is 5.40. The average molecular weight is 198 g/mol. The van der Waals surface area contributed by atoms with Crippen molar-refractivity contribution in [2.75, 3.05) is 7.11 Å². The maximum Gasteiger partial charge on any atom is 0.162 e. The molecule has 1 rings (SSSR count). The van der Waals surface area contributed by atoms with Gasteiger partial charge in [-0.15, -0.1) is 0 Å². The fraction of sp³-hybridized carbons (Fsp3) is 0.917. The van der Waals surface area contributed by atoms with Crippen LogP contribution in [0.2, 0.25) is 0 Å². The standard InChI is InChI=1S/C12H22O2/c1-9(2)8-11(13)12(14-3)10-6-4-5-7-10/h9-10,12H,4-8H2,1-3H3. The van der Waals surface area contributed by atoms with Crippen LogP contribution in [0.4, 0.5) is 0 Å². The van der Waals surface area contributed by atoms with Crippen LogP contribution < -0.4 is 0 Å². The van der Waals surface area contributed by atoms with E-state index in [0.717, 1.165) is 0 Å². The molecular weight excluding hydrogens is 176 g/mol. The van der Waals surface area contributed by atoms with E-state index in [9.17, 15) is 4.79 Å². The van der Waals surface area contributed by atoms with Crippen molar-refractivity contribution in [3.05, 3.63) is 0 Å². The Balaban J connectivity index is 2.47. The molecule has 14 heavy (non-hydrogen) atoms. The molecule has 2 heteroatoms. The zero-order valence-corrected chi connectivity index (χ0v) is 9.58.